The minimum absolute atomic E-state index is 0.394. The van der Waals surface area contributed by atoms with Crippen LogP contribution in [0, 0.1) is 0 Å². The highest BCUT2D eigenvalue weighted by molar-refractivity contribution is 7.10. The van der Waals surface area contributed by atoms with Crippen LogP contribution in [0.5, 0.6) is 0 Å². The van der Waals surface area contributed by atoms with Gasteiger partial charge in [0.1, 0.15) is 0 Å². The topological polar surface area (TPSA) is 78.4 Å². The van der Waals surface area contributed by atoms with Crippen LogP contribution in [-0.2, 0) is 4.79 Å². The lowest BCUT2D eigenvalue weighted by molar-refractivity contribution is -0.203. The summed E-state index contributed by atoms with van der Waals surface area (Å²) < 4.78 is 38.1. The fourth-order valence-corrected chi connectivity index (χ4v) is 2.05. The number of amides is 2. The van der Waals surface area contributed by atoms with Crippen LogP contribution in [-0.4, -0.2) is 28.8 Å². The van der Waals surface area contributed by atoms with Crippen molar-refractivity contribution < 1.29 is 27.9 Å². The van der Waals surface area contributed by atoms with E-state index in [4.69, 9.17) is 5.11 Å². The van der Waals surface area contributed by atoms with E-state index in [1.54, 1.807) is 24.4 Å². The van der Waals surface area contributed by atoms with E-state index in [1.807, 2.05) is 0 Å². The molecule has 112 valence electrons. The van der Waals surface area contributed by atoms with Crippen molar-refractivity contribution in [2.75, 3.05) is 0 Å². The first-order valence-electron chi connectivity index (χ1n) is 5.50. The summed E-state index contributed by atoms with van der Waals surface area (Å²) in [5, 5.41) is 14.1. The molecule has 2 unspecified atom stereocenters. The third-order valence-corrected chi connectivity index (χ3v) is 3.73. The Morgan fingerprint density at radius 2 is 2.00 bits per heavy atom. The van der Waals surface area contributed by atoms with Crippen LogP contribution in [0.1, 0.15) is 24.8 Å². The molecule has 0 aromatic carbocycles. The predicted molar refractivity (Wildman–Crippen MR) is 66.5 cm³/mol. The average Bonchev–Trinajstić information content (AvgIpc) is 2.79. The Kier molecular flexibility index (Phi) is 4.64. The molecule has 1 rings (SSSR count). The number of carboxylic acids is 1. The highest BCUT2D eigenvalue weighted by Gasteiger charge is 2.58. The normalized spacial score (nSPS) is 16.1. The predicted octanol–water partition coefficient (Wildman–Crippen LogP) is 2.51. The molecule has 2 amide bonds. The first-order chi connectivity index (χ1) is 9.08. The average molecular weight is 310 g/mol. The van der Waals surface area contributed by atoms with Gasteiger partial charge < -0.3 is 15.7 Å². The third kappa shape index (κ3) is 3.41. The van der Waals surface area contributed by atoms with E-state index in [9.17, 15) is 22.8 Å². The molecule has 0 aliphatic heterocycles. The summed E-state index contributed by atoms with van der Waals surface area (Å²) in [6.07, 6.45) is -5.11. The lowest BCUT2D eigenvalue weighted by atomic mass is 10.0. The Morgan fingerprint density at radius 1 is 1.40 bits per heavy atom. The molecule has 0 radical (unpaired) electrons. The smallest absolute Gasteiger partial charge is 0.422 e. The van der Waals surface area contributed by atoms with Gasteiger partial charge in [0.05, 0.1) is 6.04 Å². The van der Waals surface area contributed by atoms with E-state index in [2.05, 4.69) is 5.32 Å². The van der Waals surface area contributed by atoms with Crippen molar-refractivity contribution in [1.82, 2.24) is 10.6 Å². The number of carbonyl (C=O) groups excluding carboxylic acids is 1. The van der Waals surface area contributed by atoms with E-state index in [0.717, 1.165) is 4.88 Å². The summed E-state index contributed by atoms with van der Waals surface area (Å²) >= 11 is 1.32. The van der Waals surface area contributed by atoms with Crippen molar-refractivity contribution in [1.29, 1.82) is 0 Å². The molecule has 3 N–H and O–H groups in total. The number of alkyl halides is 3. The summed E-state index contributed by atoms with van der Waals surface area (Å²) in [6, 6.07) is 1.71. The number of hydrogen-bond acceptors (Lipinski definition) is 3. The van der Waals surface area contributed by atoms with E-state index >= 15 is 0 Å². The van der Waals surface area contributed by atoms with Crippen molar-refractivity contribution >= 4 is 23.3 Å². The fraction of sp³-hybridized carbons (Fsp3) is 0.455. The van der Waals surface area contributed by atoms with Gasteiger partial charge in [-0.05, 0) is 25.3 Å². The first-order valence-corrected chi connectivity index (χ1v) is 6.38. The lowest BCUT2D eigenvalue weighted by Crippen LogP contribution is -2.63. The molecule has 0 aliphatic carbocycles. The maximum Gasteiger partial charge on any atom is 0.422 e. The van der Waals surface area contributed by atoms with Gasteiger partial charge in [-0.2, -0.15) is 13.2 Å². The molecule has 0 saturated carbocycles. The Hall–Kier alpha value is -1.77. The minimum atomic E-state index is -5.11. The molecule has 1 heterocycles. The second-order valence-electron chi connectivity index (χ2n) is 4.26. The van der Waals surface area contributed by atoms with Gasteiger partial charge in [0, 0.05) is 4.88 Å². The van der Waals surface area contributed by atoms with Crippen molar-refractivity contribution in [3.63, 3.8) is 0 Å². The van der Waals surface area contributed by atoms with Crippen LogP contribution in [0.3, 0.4) is 0 Å². The molecular formula is C11H13F3N2O3S. The van der Waals surface area contributed by atoms with Crippen LogP contribution in [0.15, 0.2) is 17.5 Å². The van der Waals surface area contributed by atoms with Crippen LogP contribution in [0.25, 0.3) is 0 Å². The van der Waals surface area contributed by atoms with Crippen LogP contribution in [0.4, 0.5) is 18.0 Å². The van der Waals surface area contributed by atoms with E-state index < -0.39 is 29.8 Å². The lowest BCUT2D eigenvalue weighted by Gasteiger charge is -2.29. The monoisotopic (exact) mass is 310 g/mol. The molecule has 0 saturated heterocycles. The van der Waals surface area contributed by atoms with Crippen molar-refractivity contribution in [3.8, 4) is 0 Å². The van der Waals surface area contributed by atoms with Gasteiger partial charge in [-0.25, -0.2) is 9.59 Å². The number of halogens is 3. The minimum Gasteiger partial charge on any atom is -0.479 e. The van der Waals surface area contributed by atoms with Crippen LogP contribution in [0.2, 0.25) is 0 Å². The van der Waals surface area contributed by atoms with E-state index in [-0.39, 0.29) is 0 Å². The number of thiophene rings is 1. The van der Waals surface area contributed by atoms with Gasteiger partial charge >= 0.3 is 18.2 Å². The third-order valence-electron chi connectivity index (χ3n) is 2.68. The van der Waals surface area contributed by atoms with Crippen molar-refractivity contribution in [2.24, 2.45) is 0 Å². The summed E-state index contributed by atoms with van der Waals surface area (Å²) in [5.41, 5.74) is -3.34. The number of aliphatic carboxylic acids is 1. The Balaban J connectivity index is 2.76. The zero-order valence-corrected chi connectivity index (χ0v) is 11.4. The van der Waals surface area contributed by atoms with Crippen LogP contribution < -0.4 is 10.6 Å². The van der Waals surface area contributed by atoms with E-state index in [1.165, 1.54) is 16.7 Å². The van der Waals surface area contributed by atoms with Gasteiger partial charge in [-0.3, -0.25) is 0 Å². The van der Waals surface area contributed by atoms with Gasteiger partial charge in [0.15, 0.2) is 0 Å². The van der Waals surface area contributed by atoms with Crippen LogP contribution >= 0.6 is 11.3 Å². The zero-order chi connectivity index (χ0) is 15.6. The summed E-state index contributed by atoms with van der Waals surface area (Å²) in [7, 11) is 0. The second kappa shape index (κ2) is 5.70. The zero-order valence-electron chi connectivity index (χ0n) is 10.6. The van der Waals surface area contributed by atoms with Crippen molar-refractivity contribution in [3.05, 3.63) is 22.4 Å². The standard InChI is InChI=1S/C11H13F3N2O3S/c1-6(7-4-3-5-20-7)15-9(19)16-10(2,8(17)18)11(12,13)14/h3-6H,1-2H3,(H,17,18)(H2,15,16,19). The van der Waals surface area contributed by atoms with Gasteiger partial charge in [0.2, 0.25) is 5.54 Å². The number of urea groups is 1. The number of rotatable bonds is 4. The maximum atomic E-state index is 12.7. The molecule has 9 heteroatoms. The summed E-state index contributed by atoms with van der Waals surface area (Å²) in [6.45, 7) is 1.97. The number of hydrogen-bond donors (Lipinski definition) is 3. The molecule has 0 fully saturated rings. The summed E-state index contributed by atoms with van der Waals surface area (Å²) in [4.78, 5) is 23.0. The first kappa shape index (κ1) is 16.3. The molecule has 1 aromatic rings. The highest BCUT2D eigenvalue weighted by Crippen LogP contribution is 2.30. The Labute approximate surface area is 116 Å². The Morgan fingerprint density at radius 3 is 2.40 bits per heavy atom. The number of carbonyl (C=O) groups is 2. The van der Waals surface area contributed by atoms with Gasteiger partial charge in [0.25, 0.3) is 0 Å². The number of carboxylic acid groups (broad SMARTS) is 1. The largest absolute Gasteiger partial charge is 0.479 e. The molecular weight excluding hydrogens is 297 g/mol. The molecule has 0 bridgehead atoms. The highest BCUT2D eigenvalue weighted by atomic mass is 32.1. The summed E-state index contributed by atoms with van der Waals surface area (Å²) in [5.74, 6) is -2.18. The molecule has 1 aromatic heterocycles. The quantitative estimate of drug-likeness (QED) is 0.799. The molecule has 0 spiro atoms. The second-order valence-corrected chi connectivity index (χ2v) is 5.24. The Bertz CT molecular complexity index is 490. The molecule has 0 aliphatic rings. The molecule has 5 nitrogen and oxygen atoms in total. The van der Waals surface area contributed by atoms with Gasteiger partial charge in [-0.15, -0.1) is 11.3 Å². The maximum absolute atomic E-state index is 12.7. The number of nitrogens with one attached hydrogen (secondary N) is 2. The molecule has 20 heavy (non-hydrogen) atoms. The van der Waals surface area contributed by atoms with Gasteiger partial charge in [-0.1, -0.05) is 6.07 Å². The molecule has 2 atom stereocenters. The van der Waals surface area contributed by atoms with E-state index in [0.29, 0.717) is 6.92 Å². The fourth-order valence-electron chi connectivity index (χ4n) is 1.31. The SMILES string of the molecule is CC(NC(=O)NC(C)(C(=O)O)C(F)(F)F)c1cccs1. The van der Waals surface area contributed by atoms with Crippen molar-refractivity contribution in [2.45, 2.75) is 31.6 Å².